The molecule has 276 valence electrons. The van der Waals surface area contributed by atoms with Gasteiger partial charge >= 0.3 is 0 Å². The van der Waals surface area contributed by atoms with E-state index in [1.165, 1.54) is 0 Å². The van der Waals surface area contributed by atoms with E-state index in [4.69, 9.17) is 15.0 Å². The number of aromatic amines is 1. The summed E-state index contributed by atoms with van der Waals surface area (Å²) in [4.78, 5) is 19.3. The summed E-state index contributed by atoms with van der Waals surface area (Å²) >= 11 is 0. The van der Waals surface area contributed by atoms with Crippen molar-refractivity contribution in [2.45, 2.75) is 73.1 Å². The van der Waals surface area contributed by atoms with Gasteiger partial charge in [0.2, 0.25) is 0 Å². The normalized spacial score (nSPS) is 14.0. The number of phenolic OH excluding ortho intramolecular Hbond substituents is 2. The molecule has 55 heavy (non-hydrogen) atoms. The van der Waals surface area contributed by atoms with E-state index in [9.17, 15) is 10.2 Å². The van der Waals surface area contributed by atoms with Crippen LogP contribution in [0.4, 0.5) is 0 Å². The van der Waals surface area contributed by atoms with E-state index < -0.39 is 0 Å². The van der Waals surface area contributed by atoms with Crippen LogP contribution in [0.1, 0.15) is 86.5 Å². The molecular formula is C49H48N4O2. The summed E-state index contributed by atoms with van der Waals surface area (Å²) < 4.78 is 0. The van der Waals surface area contributed by atoms with Crippen molar-refractivity contribution in [3.05, 3.63) is 148 Å². The first-order valence-corrected chi connectivity index (χ1v) is 19.3. The topological polar surface area (TPSA) is 94.4 Å². The molecule has 8 rings (SSSR count). The first-order valence-electron chi connectivity index (χ1n) is 19.3. The van der Waals surface area contributed by atoms with E-state index in [0.717, 1.165) is 69.7 Å². The lowest BCUT2D eigenvalue weighted by molar-refractivity contribution is 0.475. The molecule has 0 amide bonds. The molecule has 2 aliphatic heterocycles. The van der Waals surface area contributed by atoms with E-state index >= 15 is 0 Å². The van der Waals surface area contributed by atoms with Crippen molar-refractivity contribution in [3.8, 4) is 56.7 Å². The van der Waals surface area contributed by atoms with Crippen LogP contribution in [-0.2, 0) is 11.8 Å². The minimum absolute atomic E-state index is 0.149. The maximum absolute atomic E-state index is 12.2. The van der Waals surface area contributed by atoms with Crippen LogP contribution in [0, 0.1) is 19.8 Å². The third kappa shape index (κ3) is 6.93. The van der Waals surface area contributed by atoms with E-state index in [-0.39, 0.29) is 16.9 Å². The molecule has 0 spiro atoms. The molecule has 6 heteroatoms. The van der Waals surface area contributed by atoms with Crippen molar-refractivity contribution >= 4 is 11.3 Å². The number of aryl methyl sites for hydroxylation is 2. The van der Waals surface area contributed by atoms with Crippen LogP contribution in [-0.4, -0.2) is 30.9 Å². The number of pyridine rings is 2. The highest BCUT2D eigenvalue weighted by molar-refractivity contribution is 6.15. The second kappa shape index (κ2) is 14.0. The van der Waals surface area contributed by atoms with E-state index in [2.05, 4.69) is 82.1 Å². The SMILES string of the molecule is CCCC(C)Cc1cc2c(O)c(c1)-c1cc(C)cc(n1)-c1cc(C)cc(n1)-c1cc(C(C)(C)C)cc(c1O)-c1ccc([nH]1)C(c1ccccc1)=C1C=CC2=N1. The third-order valence-electron chi connectivity index (χ3n) is 10.7. The molecule has 5 heterocycles. The number of aromatic nitrogens is 3. The number of phenols is 2. The van der Waals surface area contributed by atoms with Crippen molar-refractivity contribution in [1.29, 1.82) is 0 Å². The van der Waals surface area contributed by atoms with E-state index in [1.54, 1.807) is 0 Å². The first kappa shape index (κ1) is 36.0. The maximum atomic E-state index is 12.2. The van der Waals surface area contributed by atoms with E-state index in [0.29, 0.717) is 56.7 Å². The number of hydrogen-bond donors (Lipinski definition) is 3. The molecule has 6 nitrogen and oxygen atoms in total. The van der Waals surface area contributed by atoms with Crippen LogP contribution >= 0.6 is 0 Å². The highest BCUT2D eigenvalue weighted by atomic mass is 16.3. The fraction of sp³-hybridized carbons (Fsp3) is 0.245. The fourth-order valence-electron chi connectivity index (χ4n) is 7.94. The number of fused-ring (bicyclic) bond motifs is 16. The summed E-state index contributed by atoms with van der Waals surface area (Å²) in [6.07, 6.45) is 7.12. The standard InChI is InChI=1S/C49H48N4O2/c1-8-12-28(2)19-31-24-34-38-15-17-40(50-38)46(32-13-10-9-11-14-32)41-18-16-39(51-41)36-26-33(49(5,6)7)27-37(48(36)55)43-21-30(4)23-45(53-43)44-22-29(3)20-42(52-44)35(25-31)47(34)54/h9-11,13-18,20-28,51,54-55H,8,12,19H2,1-7H3. The Kier molecular flexibility index (Phi) is 9.16. The largest absolute Gasteiger partial charge is 0.507 e. The van der Waals surface area contributed by atoms with Gasteiger partial charge in [0.15, 0.2) is 0 Å². The van der Waals surface area contributed by atoms with Crippen LogP contribution in [0.15, 0.2) is 114 Å². The molecule has 0 fully saturated rings. The zero-order valence-electron chi connectivity index (χ0n) is 32.7. The Morgan fingerprint density at radius 2 is 1.25 bits per heavy atom. The Morgan fingerprint density at radius 1 is 0.673 bits per heavy atom. The summed E-state index contributed by atoms with van der Waals surface area (Å²) in [5, 5.41) is 24.4. The molecule has 0 aliphatic carbocycles. The Labute approximate surface area is 324 Å². The molecule has 6 aromatic rings. The number of aliphatic imine (C=N–C) groups is 1. The minimum Gasteiger partial charge on any atom is -0.507 e. The molecule has 2 aliphatic rings. The minimum atomic E-state index is -0.207. The second-order valence-corrected chi connectivity index (χ2v) is 16.4. The zero-order valence-corrected chi connectivity index (χ0v) is 32.7. The number of nitrogens with zero attached hydrogens (tertiary/aromatic N) is 3. The summed E-state index contributed by atoms with van der Waals surface area (Å²) in [5.41, 5.74) is 14.4. The van der Waals surface area contributed by atoms with Crippen molar-refractivity contribution in [2.24, 2.45) is 10.9 Å². The summed E-state index contributed by atoms with van der Waals surface area (Å²) in [6.45, 7) is 15.2. The number of nitrogens with one attached hydrogen (secondary N) is 1. The van der Waals surface area contributed by atoms with Gasteiger partial charge in [0, 0.05) is 39.2 Å². The van der Waals surface area contributed by atoms with Gasteiger partial charge in [0.25, 0.3) is 0 Å². The average molecular weight is 725 g/mol. The van der Waals surface area contributed by atoms with Crippen LogP contribution in [0.3, 0.4) is 0 Å². The summed E-state index contributed by atoms with van der Waals surface area (Å²) in [7, 11) is 0. The van der Waals surface area contributed by atoms with Gasteiger partial charge in [0.05, 0.1) is 34.2 Å². The molecule has 3 N–H and O–H groups in total. The van der Waals surface area contributed by atoms with Crippen molar-refractivity contribution in [1.82, 2.24) is 15.0 Å². The quantitative estimate of drug-likeness (QED) is 0.165. The van der Waals surface area contributed by atoms with Crippen LogP contribution < -0.4 is 0 Å². The number of hydrogen-bond acceptors (Lipinski definition) is 5. The number of aromatic hydroxyl groups is 2. The predicted molar refractivity (Wildman–Crippen MR) is 226 cm³/mol. The summed E-state index contributed by atoms with van der Waals surface area (Å²) in [6, 6.07) is 30.8. The number of H-pyrrole nitrogens is 1. The fourth-order valence-corrected chi connectivity index (χ4v) is 7.94. The molecule has 0 saturated heterocycles. The Morgan fingerprint density at radius 3 is 1.91 bits per heavy atom. The Hall–Kier alpha value is -6.01. The van der Waals surface area contributed by atoms with Gasteiger partial charge in [-0.2, -0.15) is 0 Å². The molecule has 1 atom stereocenters. The Balaban J connectivity index is 1.47. The highest BCUT2D eigenvalue weighted by Crippen LogP contribution is 2.44. The van der Waals surface area contributed by atoms with Gasteiger partial charge in [-0.05, 0) is 132 Å². The molecule has 0 saturated carbocycles. The Bertz CT molecular complexity index is 2560. The number of allylic oxidation sites excluding steroid dienone is 2. The van der Waals surface area contributed by atoms with Crippen LogP contribution in [0.25, 0.3) is 50.7 Å². The lowest BCUT2D eigenvalue weighted by Gasteiger charge is -2.22. The van der Waals surface area contributed by atoms with Gasteiger partial charge in [-0.3, -0.25) is 0 Å². The molecule has 12 bridgehead atoms. The lowest BCUT2D eigenvalue weighted by atomic mass is 9.83. The maximum Gasteiger partial charge on any atom is 0.134 e. The second-order valence-electron chi connectivity index (χ2n) is 16.4. The van der Waals surface area contributed by atoms with Crippen LogP contribution in [0.2, 0.25) is 0 Å². The van der Waals surface area contributed by atoms with E-state index in [1.807, 2.05) is 74.5 Å². The third-order valence-corrected chi connectivity index (χ3v) is 10.7. The highest BCUT2D eigenvalue weighted by Gasteiger charge is 2.25. The van der Waals surface area contributed by atoms with Crippen molar-refractivity contribution in [2.75, 3.05) is 0 Å². The first-order chi connectivity index (χ1) is 26.4. The predicted octanol–water partition coefficient (Wildman–Crippen LogP) is 11.9. The summed E-state index contributed by atoms with van der Waals surface area (Å²) in [5.74, 6) is 0.773. The van der Waals surface area contributed by atoms with Gasteiger partial charge in [-0.15, -0.1) is 0 Å². The molecule has 3 aromatic heterocycles. The number of benzene rings is 3. The lowest BCUT2D eigenvalue weighted by Crippen LogP contribution is -2.11. The molecule has 1 unspecified atom stereocenters. The average Bonchev–Trinajstić information content (AvgIpc) is 3.83. The van der Waals surface area contributed by atoms with Crippen molar-refractivity contribution < 1.29 is 10.2 Å². The molecule has 3 aromatic carbocycles. The molecular weight excluding hydrogens is 677 g/mol. The van der Waals surface area contributed by atoms with Crippen LogP contribution in [0.5, 0.6) is 11.5 Å². The smallest absolute Gasteiger partial charge is 0.134 e. The van der Waals surface area contributed by atoms with Gasteiger partial charge < -0.3 is 15.2 Å². The molecule has 0 radical (unpaired) electrons. The van der Waals surface area contributed by atoms with Gasteiger partial charge in [0.1, 0.15) is 11.5 Å². The van der Waals surface area contributed by atoms with Gasteiger partial charge in [-0.25, -0.2) is 15.0 Å². The van der Waals surface area contributed by atoms with Gasteiger partial charge in [-0.1, -0.05) is 77.8 Å². The van der Waals surface area contributed by atoms with Crippen molar-refractivity contribution in [3.63, 3.8) is 0 Å². The monoisotopic (exact) mass is 724 g/mol. The zero-order chi connectivity index (χ0) is 38.6. The number of rotatable bonds is 5.